The number of aryl methyl sites for hydroxylation is 1. The number of hydrogen-bond donors (Lipinski definition) is 0. The van der Waals surface area contributed by atoms with Crippen molar-refractivity contribution in [2.45, 2.75) is 26.4 Å². The molecule has 2 aromatic heterocycles. The quantitative estimate of drug-likeness (QED) is 0.456. The van der Waals surface area contributed by atoms with Crippen LogP contribution < -0.4 is 10.5 Å². The summed E-state index contributed by atoms with van der Waals surface area (Å²) in [5.74, 6) is 0. The molecule has 1 saturated heterocycles. The average Bonchev–Trinajstić information content (AvgIpc) is 3.17. The van der Waals surface area contributed by atoms with Crippen molar-refractivity contribution in [2.75, 3.05) is 31.1 Å². The van der Waals surface area contributed by atoms with E-state index in [1.54, 1.807) is 20.5 Å². The summed E-state index contributed by atoms with van der Waals surface area (Å²) in [5, 5.41) is 5.91. The smallest absolute Gasteiger partial charge is 0.410 e. The topological polar surface area (TPSA) is 85.5 Å². The van der Waals surface area contributed by atoms with Crippen LogP contribution in [0.5, 0.6) is 0 Å². The van der Waals surface area contributed by atoms with E-state index in [-0.39, 0.29) is 11.7 Å². The lowest BCUT2D eigenvalue weighted by Crippen LogP contribution is -2.50. The molecule has 0 radical (unpaired) electrons. The molecule has 2 aromatic carbocycles. The third-order valence-electron chi connectivity index (χ3n) is 5.92. The van der Waals surface area contributed by atoms with Crippen molar-refractivity contribution in [1.82, 2.24) is 24.2 Å². The number of rotatable bonds is 2. The monoisotopic (exact) mass is 460 g/mol. The first kappa shape index (κ1) is 21.9. The molecule has 1 amide bonds. The molecule has 1 fully saturated rings. The van der Waals surface area contributed by atoms with Crippen molar-refractivity contribution in [2.24, 2.45) is 7.05 Å². The Morgan fingerprint density at radius 1 is 0.971 bits per heavy atom. The fourth-order valence-electron chi connectivity index (χ4n) is 4.25. The molecule has 0 N–H and O–H groups in total. The molecule has 3 heterocycles. The van der Waals surface area contributed by atoms with Gasteiger partial charge in [-0.25, -0.2) is 9.78 Å². The van der Waals surface area contributed by atoms with E-state index in [0.717, 1.165) is 22.3 Å². The van der Waals surface area contributed by atoms with Gasteiger partial charge in [0, 0.05) is 50.5 Å². The van der Waals surface area contributed by atoms with Crippen LogP contribution in [0.15, 0.2) is 53.7 Å². The van der Waals surface area contributed by atoms with Crippen LogP contribution in [0.2, 0.25) is 0 Å². The number of amides is 1. The molecule has 0 unspecified atom stereocenters. The normalized spacial score (nSPS) is 14.7. The average molecular weight is 461 g/mol. The van der Waals surface area contributed by atoms with Crippen LogP contribution in [0.25, 0.3) is 27.5 Å². The SMILES string of the molecule is Cn1cc2cc(-n3cnc4ccc(N5CCN(C(=O)OC(C)(C)C)CC5)cc4c3=O)ccc2n1. The highest BCUT2D eigenvalue weighted by Crippen LogP contribution is 2.22. The molecule has 9 heteroatoms. The van der Waals surface area contributed by atoms with Gasteiger partial charge in [0.05, 0.1) is 22.1 Å². The number of fused-ring (bicyclic) bond motifs is 2. The highest BCUT2D eigenvalue weighted by molar-refractivity contribution is 5.83. The van der Waals surface area contributed by atoms with E-state index in [9.17, 15) is 9.59 Å². The Labute approximate surface area is 197 Å². The lowest BCUT2D eigenvalue weighted by molar-refractivity contribution is 0.0240. The predicted octanol–water partition coefficient (Wildman–Crippen LogP) is 3.33. The second-order valence-corrected chi connectivity index (χ2v) is 9.62. The van der Waals surface area contributed by atoms with Crippen molar-refractivity contribution >= 4 is 33.6 Å². The van der Waals surface area contributed by atoms with E-state index < -0.39 is 5.60 Å². The lowest BCUT2D eigenvalue weighted by atomic mass is 10.1. The summed E-state index contributed by atoms with van der Waals surface area (Å²) < 4.78 is 8.81. The van der Waals surface area contributed by atoms with Crippen LogP contribution in [-0.2, 0) is 11.8 Å². The molecule has 0 spiro atoms. The summed E-state index contributed by atoms with van der Waals surface area (Å²) >= 11 is 0. The standard InChI is InChI=1S/C25H28N6O3/c1-25(2,3)34-24(33)30-11-9-29(10-12-30)18-5-8-22-20(14-18)23(32)31(16-26-22)19-6-7-21-17(13-19)15-28(4)27-21/h5-8,13-16H,9-12H2,1-4H3. The van der Waals surface area contributed by atoms with Crippen LogP contribution in [0.3, 0.4) is 0 Å². The first-order valence-corrected chi connectivity index (χ1v) is 11.4. The second kappa shape index (κ2) is 8.16. The van der Waals surface area contributed by atoms with Crippen LogP contribution in [-0.4, -0.2) is 62.1 Å². The number of benzene rings is 2. The molecule has 0 aliphatic carbocycles. The minimum Gasteiger partial charge on any atom is -0.444 e. The third-order valence-corrected chi connectivity index (χ3v) is 5.92. The lowest BCUT2D eigenvalue weighted by Gasteiger charge is -2.36. The number of piperazine rings is 1. The minimum absolute atomic E-state index is 0.123. The Morgan fingerprint density at radius 3 is 2.41 bits per heavy atom. The van der Waals surface area contributed by atoms with E-state index in [2.05, 4.69) is 15.0 Å². The van der Waals surface area contributed by atoms with Crippen molar-refractivity contribution in [3.05, 3.63) is 59.3 Å². The number of ether oxygens (including phenoxy) is 1. The van der Waals surface area contributed by atoms with Crippen molar-refractivity contribution in [1.29, 1.82) is 0 Å². The van der Waals surface area contributed by atoms with Gasteiger partial charge in [0.2, 0.25) is 0 Å². The van der Waals surface area contributed by atoms with E-state index >= 15 is 0 Å². The van der Waals surface area contributed by atoms with E-state index in [1.165, 1.54) is 0 Å². The largest absolute Gasteiger partial charge is 0.444 e. The van der Waals surface area contributed by atoms with Crippen molar-refractivity contribution in [3.8, 4) is 5.69 Å². The van der Waals surface area contributed by atoms with E-state index in [0.29, 0.717) is 37.1 Å². The highest BCUT2D eigenvalue weighted by Gasteiger charge is 2.26. The molecule has 1 aliphatic rings. The zero-order valence-electron chi connectivity index (χ0n) is 19.9. The van der Waals surface area contributed by atoms with Crippen LogP contribution in [0, 0.1) is 0 Å². The Balaban J connectivity index is 1.40. The van der Waals surface area contributed by atoms with E-state index in [1.807, 2.05) is 70.4 Å². The Hall–Kier alpha value is -3.88. The maximum absolute atomic E-state index is 13.4. The number of aromatic nitrogens is 4. The molecule has 0 saturated carbocycles. The minimum atomic E-state index is -0.513. The van der Waals surface area contributed by atoms with Gasteiger partial charge in [-0.15, -0.1) is 0 Å². The second-order valence-electron chi connectivity index (χ2n) is 9.62. The third kappa shape index (κ3) is 4.21. The van der Waals surface area contributed by atoms with Crippen molar-refractivity contribution < 1.29 is 9.53 Å². The number of carbonyl (C=O) groups is 1. The van der Waals surface area contributed by atoms with Gasteiger partial charge in [-0.3, -0.25) is 14.0 Å². The molecular formula is C25H28N6O3. The Bertz CT molecular complexity index is 1440. The zero-order chi connectivity index (χ0) is 24.0. The highest BCUT2D eigenvalue weighted by atomic mass is 16.6. The van der Waals surface area contributed by atoms with Crippen LogP contribution in [0.4, 0.5) is 10.5 Å². The van der Waals surface area contributed by atoms with Gasteiger partial charge < -0.3 is 14.5 Å². The summed E-state index contributed by atoms with van der Waals surface area (Å²) in [4.78, 5) is 34.2. The molecule has 0 bridgehead atoms. The molecule has 0 atom stereocenters. The Morgan fingerprint density at radius 2 is 1.68 bits per heavy atom. The molecular weight excluding hydrogens is 432 g/mol. The predicted molar refractivity (Wildman–Crippen MR) is 132 cm³/mol. The maximum Gasteiger partial charge on any atom is 0.410 e. The number of carbonyl (C=O) groups excluding carboxylic acids is 1. The summed E-state index contributed by atoms with van der Waals surface area (Å²) in [6, 6.07) is 11.5. The summed E-state index contributed by atoms with van der Waals surface area (Å²) in [5.41, 5.74) is 2.58. The van der Waals surface area contributed by atoms with Gasteiger partial charge in [0.15, 0.2) is 0 Å². The maximum atomic E-state index is 13.4. The molecule has 176 valence electrons. The van der Waals surface area contributed by atoms with Crippen LogP contribution >= 0.6 is 0 Å². The van der Waals surface area contributed by atoms with Gasteiger partial charge >= 0.3 is 6.09 Å². The first-order chi connectivity index (χ1) is 16.2. The van der Waals surface area contributed by atoms with Gasteiger partial charge in [-0.1, -0.05) is 0 Å². The summed E-state index contributed by atoms with van der Waals surface area (Å²) in [6.07, 6.45) is 3.21. The molecule has 34 heavy (non-hydrogen) atoms. The van der Waals surface area contributed by atoms with Gasteiger partial charge in [0.1, 0.15) is 11.9 Å². The fourth-order valence-corrected chi connectivity index (χ4v) is 4.25. The summed E-state index contributed by atoms with van der Waals surface area (Å²) in [7, 11) is 1.87. The molecule has 9 nitrogen and oxygen atoms in total. The number of hydrogen-bond acceptors (Lipinski definition) is 6. The van der Waals surface area contributed by atoms with E-state index in [4.69, 9.17) is 4.74 Å². The first-order valence-electron chi connectivity index (χ1n) is 11.4. The van der Waals surface area contributed by atoms with Crippen molar-refractivity contribution in [3.63, 3.8) is 0 Å². The fraction of sp³-hybridized carbons (Fsp3) is 0.360. The number of nitrogens with zero attached hydrogens (tertiary/aromatic N) is 6. The zero-order valence-corrected chi connectivity index (χ0v) is 19.9. The summed E-state index contributed by atoms with van der Waals surface area (Å²) in [6.45, 7) is 8.06. The molecule has 5 rings (SSSR count). The molecule has 4 aromatic rings. The Kier molecular flexibility index (Phi) is 5.27. The van der Waals surface area contributed by atoms with Gasteiger partial charge in [0.25, 0.3) is 5.56 Å². The van der Waals surface area contributed by atoms with Crippen LogP contribution in [0.1, 0.15) is 20.8 Å². The van der Waals surface area contributed by atoms with Gasteiger partial charge in [-0.2, -0.15) is 5.10 Å². The van der Waals surface area contributed by atoms with Gasteiger partial charge in [-0.05, 0) is 57.2 Å². The number of anilines is 1. The molecule has 1 aliphatic heterocycles.